The van der Waals surface area contributed by atoms with Crippen LogP contribution in [0.3, 0.4) is 0 Å². The van der Waals surface area contributed by atoms with E-state index in [4.69, 9.17) is 4.74 Å². The van der Waals surface area contributed by atoms with E-state index in [0.29, 0.717) is 26.1 Å². The number of hydrogen-bond donors (Lipinski definition) is 0. The third-order valence-corrected chi connectivity index (χ3v) is 4.86. The molecule has 1 atom stereocenters. The van der Waals surface area contributed by atoms with E-state index in [0.717, 1.165) is 36.0 Å². The van der Waals surface area contributed by atoms with Crippen molar-refractivity contribution in [3.63, 3.8) is 0 Å². The summed E-state index contributed by atoms with van der Waals surface area (Å²) in [5.74, 6) is 0.705. The average molecular weight is 339 g/mol. The van der Waals surface area contributed by atoms with Gasteiger partial charge in [0, 0.05) is 37.6 Å². The van der Waals surface area contributed by atoms with Gasteiger partial charge in [0.25, 0.3) is 0 Å². The van der Waals surface area contributed by atoms with E-state index >= 15 is 0 Å². The Morgan fingerprint density at radius 2 is 2.16 bits per heavy atom. The molecule has 130 valence electrons. The van der Waals surface area contributed by atoms with E-state index in [1.54, 1.807) is 6.20 Å². The van der Waals surface area contributed by atoms with Gasteiger partial charge >= 0.3 is 0 Å². The van der Waals surface area contributed by atoms with E-state index in [1.807, 2.05) is 30.3 Å². The van der Waals surface area contributed by atoms with Crippen LogP contribution in [0.25, 0.3) is 10.9 Å². The third-order valence-electron chi connectivity index (χ3n) is 4.86. The van der Waals surface area contributed by atoms with Crippen LogP contribution < -0.4 is 4.74 Å². The molecule has 6 nitrogen and oxygen atoms in total. The van der Waals surface area contributed by atoms with Gasteiger partial charge in [0.1, 0.15) is 11.9 Å². The molecular weight excluding hydrogens is 318 g/mol. The highest BCUT2D eigenvalue weighted by molar-refractivity contribution is 5.97. The summed E-state index contributed by atoms with van der Waals surface area (Å²) in [6, 6.07) is 9.78. The average Bonchev–Trinajstić information content (AvgIpc) is 3.24. The maximum Gasteiger partial charge on any atom is 0.243 e. The largest absolute Gasteiger partial charge is 0.488 e. The first-order chi connectivity index (χ1) is 12.2. The highest BCUT2D eigenvalue weighted by atomic mass is 16.5. The predicted molar refractivity (Wildman–Crippen MR) is 93.2 cm³/mol. The van der Waals surface area contributed by atoms with E-state index in [2.05, 4.69) is 9.88 Å². The fourth-order valence-electron chi connectivity index (χ4n) is 3.58. The number of nitrogens with zero attached hydrogens (tertiary/aromatic N) is 3. The normalized spacial score (nSPS) is 21.2. The number of amides is 2. The first kappa shape index (κ1) is 16.0. The van der Waals surface area contributed by atoms with Crippen molar-refractivity contribution in [1.82, 2.24) is 14.8 Å². The van der Waals surface area contributed by atoms with Gasteiger partial charge in [0.15, 0.2) is 0 Å². The minimum Gasteiger partial charge on any atom is -0.488 e. The van der Waals surface area contributed by atoms with Gasteiger partial charge in [-0.05, 0) is 37.1 Å². The summed E-state index contributed by atoms with van der Waals surface area (Å²) in [7, 11) is 0. The van der Waals surface area contributed by atoms with Gasteiger partial charge in [-0.2, -0.15) is 0 Å². The van der Waals surface area contributed by atoms with Gasteiger partial charge in [-0.15, -0.1) is 0 Å². The maximum atomic E-state index is 12.3. The molecule has 0 saturated carbocycles. The van der Waals surface area contributed by atoms with Crippen molar-refractivity contribution in [3.05, 3.63) is 36.5 Å². The number of likely N-dealkylation sites (tertiary alicyclic amines) is 2. The van der Waals surface area contributed by atoms with E-state index in [-0.39, 0.29) is 17.9 Å². The molecule has 1 aromatic carbocycles. The van der Waals surface area contributed by atoms with Crippen LogP contribution in [0.15, 0.2) is 36.5 Å². The number of ether oxygens (including phenoxy) is 1. The maximum absolute atomic E-state index is 12.3. The summed E-state index contributed by atoms with van der Waals surface area (Å²) in [6.07, 6.45) is 3.97. The summed E-state index contributed by atoms with van der Waals surface area (Å²) < 4.78 is 6.17. The molecule has 0 radical (unpaired) electrons. The van der Waals surface area contributed by atoms with Crippen LogP contribution in [-0.2, 0) is 9.59 Å². The fourth-order valence-corrected chi connectivity index (χ4v) is 3.58. The van der Waals surface area contributed by atoms with Gasteiger partial charge in [-0.1, -0.05) is 6.07 Å². The SMILES string of the molecule is O=C1CCCN1C(=O)CN1CC[C@H](Oc2cccc3ncccc23)C1. The molecule has 0 spiro atoms. The summed E-state index contributed by atoms with van der Waals surface area (Å²) in [5.41, 5.74) is 0.914. The van der Waals surface area contributed by atoms with Crippen LogP contribution in [0.4, 0.5) is 0 Å². The first-order valence-corrected chi connectivity index (χ1v) is 8.76. The lowest BCUT2D eigenvalue weighted by atomic mass is 10.2. The van der Waals surface area contributed by atoms with Gasteiger partial charge < -0.3 is 4.74 Å². The molecule has 2 saturated heterocycles. The Morgan fingerprint density at radius 3 is 3.00 bits per heavy atom. The van der Waals surface area contributed by atoms with Crippen LogP contribution in [-0.4, -0.2) is 58.9 Å². The fraction of sp³-hybridized carbons (Fsp3) is 0.421. The summed E-state index contributed by atoms with van der Waals surface area (Å²) in [5, 5.41) is 1.00. The molecule has 0 N–H and O–H groups in total. The van der Waals surface area contributed by atoms with Crippen molar-refractivity contribution in [2.24, 2.45) is 0 Å². The third kappa shape index (κ3) is 3.35. The van der Waals surface area contributed by atoms with Crippen molar-refractivity contribution in [3.8, 4) is 5.75 Å². The molecule has 2 fully saturated rings. The van der Waals surface area contributed by atoms with Crippen LogP contribution in [0.2, 0.25) is 0 Å². The molecule has 2 amide bonds. The van der Waals surface area contributed by atoms with Crippen LogP contribution >= 0.6 is 0 Å². The summed E-state index contributed by atoms with van der Waals surface area (Å²) in [6.45, 7) is 2.36. The van der Waals surface area contributed by atoms with E-state index in [1.165, 1.54) is 4.90 Å². The molecule has 25 heavy (non-hydrogen) atoms. The number of fused-ring (bicyclic) bond motifs is 1. The van der Waals surface area contributed by atoms with Crippen LogP contribution in [0.1, 0.15) is 19.3 Å². The zero-order valence-corrected chi connectivity index (χ0v) is 14.1. The Labute approximate surface area is 146 Å². The number of benzene rings is 1. The first-order valence-electron chi connectivity index (χ1n) is 8.76. The minimum absolute atomic E-state index is 0.0414. The quantitative estimate of drug-likeness (QED) is 0.850. The molecule has 0 unspecified atom stereocenters. The highest BCUT2D eigenvalue weighted by Crippen LogP contribution is 2.26. The highest BCUT2D eigenvalue weighted by Gasteiger charge is 2.31. The van der Waals surface area contributed by atoms with Gasteiger partial charge in [-0.3, -0.25) is 24.4 Å². The topological polar surface area (TPSA) is 62.7 Å². The van der Waals surface area contributed by atoms with E-state index in [9.17, 15) is 9.59 Å². The number of hydrogen-bond acceptors (Lipinski definition) is 5. The summed E-state index contributed by atoms with van der Waals surface area (Å²) >= 11 is 0. The predicted octanol–water partition coefficient (Wildman–Crippen LogP) is 1.84. The Bertz CT molecular complexity index is 802. The van der Waals surface area contributed by atoms with Gasteiger partial charge in [0.2, 0.25) is 11.8 Å². The standard InChI is InChI=1S/C19H21N3O3/c23-18-7-3-10-22(18)19(24)13-21-11-8-14(12-21)25-17-6-1-5-16-15(17)4-2-9-20-16/h1-2,4-6,9,14H,3,7-8,10-13H2/t14-/m0/s1. The molecule has 6 heteroatoms. The molecular formula is C19H21N3O3. The molecule has 0 bridgehead atoms. The smallest absolute Gasteiger partial charge is 0.243 e. The second kappa shape index (κ2) is 6.80. The number of rotatable bonds is 4. The lowest BCUT2D eigenvalue weighted by Crippen LogP contribution is -2.40. The van der Waals surface area contributed by atoms with Crippen LogP contribution in [0, 0.1) is 0 Å². The molecule has 2 aromatic rings. The van der Waals surface area contributed by atoms with Crippen molar-refractivity contribution in [2.75, 3.05) is 26.2 Å². The monoisotopic (exact) mass is 339 g/mol. The summed E-state index contributed by atoms with van der Waals surface area (Å²) in [4.78, 5) is 31.8. The number of pyridine rings is 1. The Kier molecular flexibility index (Phi) is 4.36. The number of imide groups is 1. The van der Waals surface area contributed by atoms with Crippen molar-refractivity contribution in [1.29, 1.82) is 0 Å². The molecule has 2 aliphatic heterocycles. The molecule has 1 aromatic heterocycles. The van der Waals surface area contributed by atoms with Crippen LogP contribution in [0.5, 0.6) is 5.75 Å². The lowest BCUT2D eigenvalue weighted by Gasteiger charge is -2.20. The Morgan fingerprint density at radius 1 is 1.24 bits per heavy atom. The van der Waals surface area contributed by atoms with Crippen molar-refractivity contribution < 1.29 is 14.3 Å². The molecule has 0 aliphatic carbocycles. The minimum atomic E-state index is -0.0856. The molecule has 2 aliphatic rings. The zero-order chi connectivity index (χ0) is 17.2. The van der Waals surface area contributed by atoms with E-state index < -0.39 is 0 Å². The Hall–Kier alpha value is -2.47. The molecule has 4 rings (SSSR count). The van der Waals surface area contributed by atoms with Crippen molar-refractivity contribution >= 4 is 22.7 Å². The van der Waals surface area contributed by atoms with Gasteiger partial charge in [-0.25, -0.2) is 0 Å². The zero-order valence-electron chi connectivity index (χ0n) is 14.1. The van der Waals surface area contributed by atoms with Gasteiger partial charge in [0.05, 0.1) is 12.1 Å². The second-order valence-corrected chi connectivity index (χ2v) is 6.63. The molecule has 3 heterocycles. The Balaban J connectivity index is 1.37. The number of carbonyl (C=O) groups excluding carboxylic acids is 2. The number of aromatic nitrogens is 1. The second-order valence-electron chi connectivity index (χ2n) is 6.63. The lowest BCUT2D eigenvalue weighted by molar-refractivity contribution is -0.142. The van der Waals surface area contributed by atoms with Crippen molar-refractivity contribution in [2.45, 2.75) is 25.4 Å². The number of carbonyl (C=O) groups is 2.